The molecule has 0 bridgehead atoms. The second-order valence-corrected chi connectivity index (χ2v) is 7.00. The van der Waals surface area contributed by atoms with Gasteiger partial charge >= 0.3 is 0 Å². The molecule has 0 unspecified atom stereocenters. The third-order valence-electron chi connectivity index (χ3n) is 4.11. The molecule has 0 saturated heterocycles. The van der Waals surface area contributed by atoms with E-state index in [0.29, 0.717) is 32.6 Å². The van der Waals surface area contributed by atoms with E-state index in [0.717, 1.165) is 5.56 Å². The quantitative estimate of drug-likeness (QED) is 0.424. The van der Waals surface area contributed by atoms with Gasteiger partial charge in [-0.05, 0) is 61.0 Å². The van der Waals surface area contributed by atoms with Gasteiger partial charge in [0, 0.05) is 16.3 Å². The van der Waals surface area contributed by atoms with Gasteiger partial charge in [0.2, 0.25) is 0 Å². The predicted octanol–water partition coefficient (Wildman–Crippen LogP) is 5.40. The highest BCUT2D eigenvalue weighted by Gasteiger charge is 2.09. The lowest BCUT2D eigenvalue weighted by Gasteiger charge is -2.07. The Morgan fingerprint density at radius 2 is 1.41 bits per heavy atom. The van der Waals surface area contributed by atoms with Gasteiger partial charge in [0.25, 0.3) is 11.8 Å². The number of carbonyl (C=O) groups is 2. The number of carbonyl (C=O) groups excluding carboxylic acids is 2. The molecule has 0 saturated carbocycles. The summed E-state index contributed by atoms with van der Waals surface area (Å²) < 4.78 is 0. The van der Waals surface area contributed by atoms with Crippen molar-refractivity contribution in [3.63, 3.8) is 0 Å². The van der Waals surface area contributed by atoms with E-state index in [1.807, 2.05) is 0 Å². The summed E-state index contributed by atoms with van der Waals surface area (Å²) in [6.07, 6.45) is 0. The fraction of sp³-hybridized carbons (Fsp3) is 0.0455. The molecule has 2 N–H and O–H groups in total. The fourth-order valence-electron chi connectivity index (χ4n) is 2.50. The molecule has 29 heavy (non-hydrogen) atoms. The Bertz CT molecular complexity index is 1060. The Hall–Kier alpha value is -3.15. The molecule has 146 valence electrons. The second-order valence-electron chi connectivity index (χ2n) is 6.16. The van der Waals surface area contributed by atoms with Crippen molar-refractivity contribution in [3.8, 4) is 0 Å². The number of nitrogens with one attached hydrogen (secondary N) is 2. The molecule has 0 atom stereocenters. The zero-order chi connectivity index (χ0) is 20.8. The summed E-state index contributed by atoms with van der Waals surface area (Å²) in [5, 5.41) is 7.86. The summed E-state index contributed by atoms with van der Waals surface area (Å²) >= 11 is 11.8. The standard InChI is InChI=1S/C22H17Cl2N3O2/c1-14(26-27-22(29)19-4-2-3-5-20(19)24)15-8-12-18(13-9-15)25-21(28)16-6-10-17(23)11-7-16/h2-13H,1H3,(H,25,28)(H,27,29)/b26-14-. The monoisotopic (exact) mass is 425 g/mol. The third kappa shape index (κ3) is 5.44. The highest BCUT2D eigenvalue weighted by molar-refractivity contribution is 6.33. The maximum Gasteiger partial charge on any atom is 0.272 e. The maximum absolute atomic E-state index is 12.2. The molecule has 3 aromatic carbocycles. The van der Waals surface area contributed by atoms with Crippen molar-refractivity contribution in [1.29, 1.82) is 0 Å². The van der Waals surface area contributed by atoms with Crippen molar-refractivity contribution in [2.24, 2.45) is 5.10 Å². The topological polar surface area (TPSA) is 70.6 Å². The Labute approximate surface area is 178 Å². The van der Waals surface area contributed by atoms with Crippen LogP contribution in [0.3, 0.4) is 0 Å². The smallest absolute Gasteiger partial charge is 0.272 e. The molecule has 3 rings (SSSR count). The molecule has 0 aliphatic carbocycles. The van der Waals surface area contributed by atoms with Crippen LogP contribution in [0, 0.1) is 0 Å². The SMILES string of the molecule is C/C(=N/NC(=O)c1ccccc1Cl)c1ccc(NC(=O)c2ccc(Cl)cc2)cc1. The molecule has 3 aromatic rings. The summed E-state index contributed by atoms with van der Waals surface area (Å²) in [5.41, 5.74) is 5.41. The largest absolute Gasteiger partial charge is 0.322 e. The van der Waals surface area contributed by atoms with Gasteiger partial charge in [0.05, 0.1) is 16.3 Å². The van der Waals surface area contributed by atoms with Crippen molar-refractivity contribution >= 4 is 46.4 Å². The van der Waals surface area contributed by atoms with Crippen LogP contribution in [0.15, 0.2) is 77.9 Å². The van der Waals surface area contributed by atoms with E-state index in [1.165, 1.54) is 0 Å². The van der Waals surface area contributed by atoms with E-state index in [-0.39, 0.29) is 11.8 Å². The lowest BCUT2D eigenvalue weighted by molar-refractivity contribution is 0.0954. The molecule has 0 heterocycles. The van der Waals surface area contributed by atoms with Crippen LogP contribution in [0.25, 0.3) is 0 Å². The van der Waals surface area contributed by atoms with Gasteiger partial charge in [-0.3, -0.25) is 9.59 Å². The Kier molecular flexibility index (Phi) is 6.65. The van der Waals surface area contributed by atoms with Crippen molar-refractivity contribution in [2.75, 3.05) is 5.32 Å². The first kappa shape index (κ1) is 20.6. The second kappa shape index (κ2) is 9.37. The van der Waals surface area contributed by atoms with Crippen LogP contribution >= 0.6 is 23.2 Å². The van der Waals surface area contributed by atoms with Gasteiger partial charge in [-0.25, -0.2) is 5.43 Å². The number of nitrogens with zero attached hydrogens (tertiary/aromatic N) is 1. The summed E-state index contributed by atoms with van der Waals surface area (Å²) in [6, 6.07) is 20.5. The van der Waals surface area contributed by atoms with Gasteiger partial charge in [0.15, 0.2) is 0 Å². The molecule has 0 fully saturated rings. The van der Waals surface area contributed by atoms with Crippen molar-refractivity contribution < 1.29 is 9.59 Å². The van der Waals surface area contributed by atoms with Crippen molar-refractivity contribution in [3.05, 3.63) is 99.5 Å². The first-order valence-corrected chi connectivity index (χ1v) is 9.46. The van der Waals surface area contributed by atoms with E-state index in [4.69, 9.17) is 23.2 Å². The predicted molar refractivity (Wildman–Crippen MR) is 117 cm³/mol. The Morgan fingerprint density at radius 1 is 0.793 bits per heavy atom. The van der Waals surface area contributed by atoms with Crippen LogP contribution in [-0.4, -0.2) is 17.5 Å². The molecule has 7 heteroatoms. The number of hydrazone groups is 1. The molecule has 0 aromatic heterocycles. The van der Waals surface area contributed by atoms with Crippen LogP contribution in [0.5, 0.6) is 0 Å². The number of halogens is 2. The van der Waals surface area contributed by atoms with E-state index in [2.05, 4.69) is 15.8 Å². The van der Waals surface area contributed by atoms with Crippen LogP contribution in [-0.2, 0) is 0 Å². The third-order valence-corrected chi connectivity index (χ3v) is 4.69. The Morgan fingerprint density at radius 3 is 2.07 bits per heavy atom. The highest BCUT2D eigenvalue weighted by Crippen LogP contribution is 2.16. The minimum atomic E-state index is -0.387. The average Bonchev–Trinajstić information content (AvgIpc) is 2.73. The number of hydrogen-bond donors (Lipinski definition) is 2. The number of rotatable bonds is 5. The normalized spacial score (nSPS) is 11.1. The van der Waals surface area contributed by atoms with E-state index in [9.17, 15) is 9.59 Å². The highest BCUT2D eigenvalue weighted by atomic mass is 35.5. The summed E-state index contributed by atoms with van der Waals surface area (Å²) in [7, 11) is 0. The number of amides is 2. The molecular formula is C22H17Cl2N3O2. The maximum atomic E-state index is 12.2. The molecule has 5 nitrogen and oxygen atoms in total. The molecule has 0 aliphatic rings. The first-order valence-electron chi connectivity index (χ1n) is 8.70. The van der Waals surface area contributed by atoms with Crippen LogP contribution in [0.2, 0.25) is 10.0 Å². The van der Waals surface area contributed by atoms with Crippen LogP contribution in [0.4, 0.5) is 5.69 Å². The Balaban J connectivity index is 1.63. The lowest BCUT2D eigenvalue weighted by Crippen LogP contribution is -2.19. The molecule has 2 amide bonds. The molecule has 0 spiro atoms. The summed E-state index contributed by atoms with van der Waals surface area (Å²) in [6.45, 7) is 1.77. The van der Waals surface area contributed by atoms with Crippen LogP contribution < -0.4 is 10.7 Å². The molecule has 0 radical (unpaired) electrons. The van der Waals surface area contributed by atoms with Gasteiger partial charge in [-0.1, -0.05) is 47.5 Å². The minimum absolute atomic E-state index is 0.230. The van der Waals surface area contributed by atoms with E-state index < -0.39 is 0 Å². The number of anilines is 1. The first-order chi connectivity index (χ1) is 13.9. The van der Waals surface area contributed by atoms with E-state index >= 15 is 0 Å². The fourth-order valence-corrected chi connectivity index (χ4v) is 2.85. The average molecular weight is 426 g/mol. The minimum Gasteiger partial charge on any atom is -0.322 e. The number of benzene rings is 3. The molecule has 0 aliphatic heterocycles. The van der Waals surface area contributed by atoms with Crippen molar-refractivity contribution in [2.45, 2.75) is 6.92 Å². The molecular weight excluding hydrogens is 409 g/mol. The van der Waals surface area contributed by atoms with Crippen LogP contribution in [0.1, 0.15) is 33.2 Å². The summed E-state index contributed by atoms with van der Waals surface area (Å²) in [4.78, 5) is 24.4. The van der Waals surface area contributed by atoms with E-state index in [1.54, 1.807) is 79.7 Å². The lowest BCUT2D eigenvalue weighted by atomic mass is 10.1. The van der Waals surface area contributed by atoms with Gasteiger partial charge in [0.1, 0.15) is 0 Å². The zero-order valence-electron chi connectivity index (χ0n) is 15.4. The summed E-state index contributed by atoms with van der Waals surface area (Å²) in [5.74, 6) is -0.617. The van der Waals surface area contributed by atoms with Gasteiger partial charge in [-0.15, -0.1) is 0 Å². The zero-order valence-corrected chi connectivity index (χ0v) is 17.0. The van der Waals surface area contributed by atoms with Gasteiger partial charge in [-0.2, -0.15) is 5.10 Å². The number of hydrogen-bond acceptors (Lipinski definition) is 3. The van der Waals surface area contributed by atoms with Gasteiger partial charge < -0.3 is 5.32 Å². The van der Waals surface area contributed by atoms with Crippen molar-refractivity contribution in [1.82, 2.24) is 5.43 Å².